The minimum Gasteiger partial charge on any atom is -0.340 e. The predicted molar refractivity (Wildman–Crippen MR) is 106 cm³/mol. The highest BCUT2D eigenvalue weighted by atomic mass is 35.5. The fourth-order valence-corrected chi connectivity index (χ4v) is 3.87. The lowest BCUT2D eigenvalue weighted by atomic mass is 10.0. The third-order valence-electron chi connectivity index (χ3n) is 5.13. The molecule has 0 radical (unpaired) electrons. The molecule has 1 saturated heterocycles. The van der Waals surface area contributed by atoms with Gasteiger partial charge in [-0.2, -0.15) is 0 Å². The molecule has 27 heavy (non-hydrogen) atoms. The van der Waals surface area contributed by atoms with E-state index in [1.807, 2.05) is 41.3 Å². The Morgan fingerprint density at radius 2 is 1.93 bits per heavy atom. The third kappa shape index (κ3) is 3.60. The summed E-state index contributed by atoms with van der Waals surface area (Å²) in [6.07, 6.45) is 3.60. The summed E-state index contributed by atoms with van der Waals surface area (Å²) < 4.78 is 1.68. The molecule has 6 heteroatoms. The van der Waals surface area contributed by atoms with Gasteiger partial charge in [-0.25, -0.2) is 4.98 Å². The fourth-order valence-electron chi connectivity index (χ4n) is 3.67. The maximum absolute atomic E-state index is 12.8. The van der Waals surface area contributed by atoms with Crippen molar-refractivity contribution in [2.75, 3.05) is 13.1 Å². The van der Waals surface area contributed by atoms with E-state index in [-0.39, 0.29) is 23.9 Å². The Bertz CT molecular complexity index is 1050. The zero-order valence-electron chi connectivity index (χ0n) is 14.8. The molecule has 4 rings (SSSR count). The molecule has 138 valence electrons. The Labute approximate surface area is 162 Å². The topological polar surface area (TPSA) is 55.2 Å². The van der Waals surface area contributed by atoms with Gasteiger partial charge < -0.3 is 4.90 Å². The molecule has 2 heterocycles. The molecule has 0 saturated carbocycles. The Kier molecular flexibility index (Phi) is 4.94. The van der Waals surface area contributed by atoms with Crippen molar-refractivity contribution >= 4 is 28.4 Å². The van der Waals surface area contributed by atoms with E-state index < -0.39 is 0 Å². The van der Waals surface area contributed by atoms with Gasteiger partial charge in [-0.15, -0.1) is 0 Å². The lowest BCUT2D eigenvalue weighted by Gasteiger charge is -2.33. The maximum atomic E-state index is 12.8. The molecule has 0 aliphatic carbocycles. The fraction of sp³-hybridized carbons (Fsp3) is 0.286. The number of aromatic nitrogens is 2. The van der Waals surface area contributed by atoms with Gasteiger partial charge in [0.25, 0.3) is 5.56 Å². The van der Waals surface area contributed by atoms with Crippen LogP contribution in [0.15, 0.2) is 59.7 Å². The summed E-state index contributed by atoms with van der Waals surface area (Å²) in [4.78, 5) is 31.8. The molecule has 0 unspecified atom stereocenters. The van der Waals surface area contributed by atoms with Crippen molar-refractivity contribution in [3.63, 3.8) is 0 Å². The Balaban J connectivity index is 1.55. The van der Waals surface area contributed by atoms with E-state index in [0.29, 0.717) is 29.0 Å². The van der Waals surface area contributed by atoms with Crippen molar-refractivity contribution < 1.29 is 4.79 Å². The van der Waals surface area contributed by atoms with E-state index in [4.69, 9.17) is 11.6 Å². The Morgan fingerprint density at radius 3 is 2.78 bits per heavy atom. The second-order valence-corrected chi connectivity index (χ2v) is 7.29. The van der Waals surface area contributed by atoms with Crippen molar-refractivity contribution in [1.29, 1.82) is 0 Å². The van der Waals surface area contributed by atoms with E-state index in [0.717, 1.165) is 18.4 Å². The van der Waals surface area contributed by atoms with Gasteiger partial charge >= 0.3 is 0 Å². The summed E-state index contributed by atoms with van der Waals surface area (Å²) in [7, 11) is 0. The Morgan fingerprint density at radius 1 is 1.15 bits per heavy atom. The van der Waals surface area contributed by atoms with Crippen LogP contribution in [0.3, 0.4) is 0 Å². The van der Waals surface area contributed by atoms with Crippen LogP contribution in [-0.4, -0.2) is 33.4 Å². The molecule has 0 N–H and O–H groups in total. The van der Waals surface area contributed by atoms with Crippen LogP contribution >= 0.6 is 11.6 Å². The van der Waals surface area contributed by atoms with Crippen LogP contribution in [0, 0.1) is 0 Å². The Hall–Kier alpha value is -2.66. The number of likely N-dealkylation sites (tertiary alicyclic amines) is 1. The number of rotatable bonds is 3. The van der Waals surface area contributed by atoms with Gasteiger partial charge in [0.2, 0.25) is 5.91 Å². The van der Waals surface area contributed by atoms with Gasteiger partial charge in [-0.3, -0.25) is 14.2 Å². The molecule has 1 atom stereocenters. The van der Waals surface area contributed by atoms with Gasteiger partial charge in [0.15, 0.2) is 0 Å². The molecule has 5 nitrogen and oxygen atoms in total. The second kappa shape index (κ2) is 7.53. The van der Waals surface area contributed by atoms with Crippen LogP contribution in [-0.2, 0) is 11.2 Å². The summed E-state index contributed by atoms with van der Waals surface area (Å²) in [5.41, 5.74) is 1.48. The zero-order chi connectivity index (χ0) is 18.8. The zero-order valence-corrected chi connectivity index (χ0v) is 15.6. The van der Waals surface area contributed by atoms with Crippen LogP contribution in [0.5, 0.6) is 0 Å². The molecule has 0 spiro atoms. The molecule has 1 aliphatic heterocycles. The maximum Gasteiger partial charge on any atom is 0.261 e. The first-order valence-corrected chi connectivity index (χ1v) is 9.48. The molecule has 3 aromatic rings. The van der Waals surface area contributed by atoms with E-state index >= 15 is 0 Å². The highest BCUT2D eigenvalue weighted by Gasteiger charge is 2.26. The standard InChI is InChI=1S/C21H20ClN3O2/c22-18-9-3-1-6-15(18)12-20(26)24-11-5-7-16(13-24)25-14-23-19-10-4-2-8-17(19)21(25)27/h1-4,6,8-10,14,16H,5,7,11-13H2/t16-/m1/s1. The smallest absolute Gasteiger partial charge is 0.261 e. The molecule has 2 aromatic carbocycles. The van der Waals surface area contributed by atoms with Gasteiger partial charge in [0.1, 0.15) is 0 Å². The van der Waals surface area contributed by atoms with Gasteiger partial charge in [-0.05, 0) is 36.6 Å². The van der Waals surface area contributed by atoms with Crippen molar-refractivity contribution in [1.82, 2.24) is 14.5 Å². The SMILES string of the molecule is O=C(Cc1ccccc1Cl)N1CCC[C@@H](n2cnc3ccccc3c2=O)C1. The molecule has 1 aliphatic rings. The number of para-hydroxylation sites is 1. The van der Waals surface area contributed by atoms with Crippen molar-refractivity contribution in [2.24, 2.45) is 0 Å². The molecular formula is C21H20ClN3O2. The number of halogens is 1. The van der Waals surface area contributed by atoms with Crippen LogP contribution < -0.4 is 5.56 Å². The van der Waals surface area contributed by atoms with Crippen LogP contribution in [0.25, 0.3) is 10.9 Å². The van der Waals surface area contributed by atoms with Crippen molar-refractivity contribution in [3.8, 4) is 0 Å². The summed E-state index contributed by atoms with van der Waals surface area (Å²) in [5.74, 6) is 0.0367. The second-order valence-electron chi connectivity index (χ2n) is 6.88. The number of nitrogens with zero attached hydrogens (tertiary/aromatic N) is 3. The molecule has 1 fully saturated rings. The molecule has 0 bridgehead atoms. The molecular weight excluding hydrogens is 362 g/mol. The number of carbonyl (C=O) groups is 1. The van der Waals surface area contributed by atoms with Gasteiger partial charge in [0, 0.05) is 18.1 Å². The quantitative estimate of drug-likeness (QED) is 0.698. The number of hydrogen-bond acceptors (Lipinski definition) is 3. The number of benzene rings is 2. The number of fused-ring (bicyclic) bond motifs is 1. The highest BCUT2D eigenvalue weighted by Crippen LogP contribution is 2.23. The minimum absolute atomic E-state index is 0.0367. The summed E-state index contributed by atoms with van der Waals surface area (Å²) in [6.45, 7) is 1.22. The third-order valence-corrected chi connectivity index (χ3v) is 5.50. The number of carbonyl (C=O) groups excluding carboxylic acids is 1. The molecule has 1 aromatic heterocycles. The average Bonchev–Trinajstić information content (AvgIpc) is 2.70. The first kappa shape index (κ1) is 17.7. The number of amides is 1. The normalized spacial score (nSPS) is 17.2. The molecule has 1 amide bonds. The summed E-state index contributed by atoms with van der Waals surface area (Å²) in [6, 6.07) is 14.7. The van der Waals surface area contributed by atoms with Gasteiger partial charge in [-0.1, -0.05) is 41.9 Å². The van der Waals surface area contributed by atoms with Crippen molar-refractivity contribution in [2.45, 2.75) is 25.3 Å². The summed E-state index contributed by atoms with van der Waals surface area (Å²) >= 11 is 6.18. The van der Waals surface area contributed by atoms with E-state index in [1.54, 1.807) is 23.0 Å². The van der Waals surface area contributed by atoms with E-state index in [1.165, 1.54) is 0 Å². The lowest BCUT2D eigenvalue weighted by Crippen LogP contribution is -2.43. The van der Waals surface area contributed by atoms with Crippen LogP contribution in [0.1, 0.15) is 24.4 Å². The van der Waals surface area contributed by atoms with Crippen LogP contribution in [0.2, 0.25) is 5.02 Å². The van der Waals surface area contributed by atoms with Gasteiger partial charge in [0.05, 0.1) is 29.7 Å². The number of piperidine rings is 1. The van der Waals surface area contributed by atoms with E-state index in [9.17, 15) is 9.59 Å². The minimum atomic E-state index is -0.0569. The monoisotopic (exact) mass is 381 g/mol. The van der Waals surface area contributed by atoms with E-state index in [2.05, 4.69) is 4.98 Å². The number of hydrogen-bond donors (Lipinski definition) is 0. The predicted octanol–water partition coefficient (Wildman–Crippen LogP) is 3.46. The van der Waals surface area contributed by atoms with Crippen LogP contribution in [0.4, 0.5) is 0 Å². The van der Waals surface area contributed by atoms with Crippen molar-refractivity contribution in [3.05, 3.63) is 75.8 Å². The summed E-state index contributed by atoms with van der Waals surface area (Å²) in [5, 5.41) is 1.22. The average molecular weight is 382 g/mol. The highest BCUT2D eigenvalue weighted by molar-refractivity contribution is 6.31. The first-order valence-electron chi connectivity index (χ1n) is 9.10. The first-order chi connectivity index (χ1) is 13.1. The largest absolute Gasteiger partial charge is 0.340 e. The lowest BCUT2D eigenvalue weighted by molar-refractivity contribution is -0.132.